The van der Waals surface area contributed by atoms with Crippen molar-refractivity contribution in [2.75, 3.05) is 26.2 Å². The van der Waals surface area contributed by atoms with E-state index in [1.807, 2.05) is 17.0 Å². The molecule has 1 aromatic carbocycles. The number of aromatic nitrogens is 3. The van der Waals surface area contributed by atoms with Gasteiger partial charge in [-0.15, -0.1) is 10.2 Å². The smallest absolute Gasteiger partial charge is 0.242 e. The summed E-state index contributed by atoms with van der Waals surface area (Å²) >= 11 is 0. The minimum Gasteiger partial charge on any atom is -0.494 e. The van der Waals surface area contributed by atoms with Crippen LogP contribution in [-0.4, -0.2) is 68.7 Å². The third-order valence-corrected chi connectivity index (χ3v) is 6.18. The lowest BCUT2D eigenvalue weighted by atomic mass is 9.95. The number of carbonyl (C=O) groups is 2. The molecule has 4 rings (SSSR count). The van der Waals surface area contributed by atoms with Crippen LogP contribution in [0, 0.1) is 0 Å². The topological polar surface area (TPSA) is 80.6 Å². The summed E-state index contributed by atoms with van der Waals surface area (Å²) in [6.07, 6.45) is 9.28. The van der Waals surface area contributed by atoms with Gasteiger partial charge >= 0.3 is 0 Å². The van der Waals surface area contributed by atoms with Crippen molar-refractivity contribution in [2.24, 2.45) is 0 Å². The van der Waals surface area contributed by atoms with Gasteiger partial charge in [0.15, 0.2) is 0 Å². The first-order valence-electron chi connectivity index (χ1n) is 11.3. The van der Waals surface area contributed by atoms with E-state index < -0.39 is 0 Å². The number of aryl methyl sites for hydroxylation is 2. The van der Waals surface area contributed by atoms with Gasteiger partial charge in [-0.2, -0.15) is 0 Å². The predicted molar refractivity (Wildman–Crippen MR) is 115 cm³/mol. The van der Waals surface area contributed by atoms with Crippen molar-refractivity contribution in [1.82, 2.24) is 24.6 Å². The molecular weight excluding hydrogens is 394 g/mol. The molecule has 2 aliphatic heterocycles. The molecule has 0 aliphatic carbocycles. The van der Waals surface area contributed by atoms with Crippen LogP contribution in [-0.2, 0) is 22.6 Å². The van der Waals surface area contributed by atoms with Crippen molar-refractivity contribution in [2.45, 2.75) is 57.5 Å². The number of fused-ring (bicyclic) bond motifs is 3. The van der Waals surface area contributed by atoms with Crippen LogP contribution in [0.3, 0.4) is 0 Å². The zero-order valence-electron chi connectivity index (χ0n) is 18.0. The second kappa shape index (κ2) is 10.4. The molecule has 166 valence electrons. The summed E-state index contributed by atoms with van der Waals surface area (Å²) in [6, 6.07) is 8.48. The standard InChI is InChI=1S/C23H31N5O3/c29-22(10-13-26-17-24-25-18-26)27-11-4-14-31-21-7-3-5-19(15-21)8-9-20-6-1-2-12-28(20)23(30)16-27/h3,5,7,15,17-18,20H,1-2,4,6,8-14,16H2. The van der Waals surface area contributed by atoms with Crippen LogP contribution in [0.5, 0.6) is 5.75 Å². The molecular formula is C23H31N5O3. The molecule has 0 spiro atoms. The van der Waals surface area contributed by atoms with Crippen LogP contribution in [0.2, 0.25) is 0 Å². The van der Waals surface area contributed by atoms with Gasteiger partial charge in [-0.05, 0) is 56.2 Å². The lowest BCUT2D eigenvalue weighted by Crippen LogP contribution is -2.49. The molecule has 2 bridgehead atoms. The van der Waals surface area contributed by atoms with Crippen LogP contribution < -0.4 is 4.74 Å². The molecule has 0 N–H and O–H groups in total. The van der Waals surface area contributed by atoms with E-state index in [0.29, 0.717) is 32.5 Å². The molecule has 1 unspecified atom stereocenters. The zero-order valence-corrected chi connectivity index (χ0v) is 18.0. The van der Waals surface area contributed by atoms with E-state index in [2.05, 4.69) is 22.3 Å². The summed E-state index contributed by atoms with van der Waals surface area (Å²) in [5, 5.41) is 7.55. The van der Waals surface area contributed by atoms with Gasteiger partial charge in [-0.3, -0.25) is 9.59 Å². The average Bonchev–Trinajstić information content (AvgIpc) is 3.31. The lowest BCUT2D eigenvalue weighted by Gasteiger charge is -2.37. The van der Waals surface area contributed by atoms with Crippen molar-refractivity contribution in [3.05, 3.63) is 42.5 Å². The van der Waals surface area contributed by atoms with Crippen LogP contribution in [0.4, 0.5) is 0 Å². The normalized spacial score (nSPS) is 20.5. The van der Waals surface area contributed by atoms with Gasteiger partial charge in [0.25, 0.3) is 0 Å². The second-order valence-electron chi connectivity index (χ2n) is 8.39. The maximum absolute atomic E-state index is 13.2. The summed E-state index contributed by atoms with van der Waals surface area (Å²) in [5.74, 6) is 0.912. The Morgan fingerprint density at radius 1 is 1.10 bits per heavy atom. The third kappa shape index (κ3) is 5.83. The highest BCUT2D eigenvalue weighted by atomic mass is 16.5. The van der Waals surface area contributed by atoms with Gasteiger partial charge in [0, 0.05) is 32.1 Å². The molecule has 8 nitrogen and oxygen atoms in total. The molecule has 3 heterocycles. The van der Waals surface area contributed by atoms with Crippen LogP contribution in [0.25, 0.3) is 0 Å². The monoisotopic (exact) mass is 425 g/mol. The molecule has 2 aromatic rings. The summed E-state index contributed by atoms with van der Waals surface area (Å²) in [5.41, 5.74) is 1.25. The Kier molecular flexibility index (Phi) is 7.17. The van der Waals surface area contributed by atoms with Gasteiger partial charge < -0.3 is 19.1 Å². The first kappa shape index (κ1) is 21.3. The van der Waals surface area contributed by atoms with Crippen molar-refractivity contribution in [3.8, 4) is 5.75 Å². The van der Waals surface area contributed by atoms with E-state index in [1.165, 1.54) is 5.56 Å². The summed E-state index contributed by atoms with van der Waals surface area (Å²) in [6.45, 7) is 2.45. The summed E-state index contributed by atoms with van der Waals surface area (Å²) < 4.78 is 7.70. The van der Waals surface area contributed by atoms with Gasteiger partial charge in [0.1, 0.15) is 18.4 Å². The SMILES string of the molecule is O=C(CCn1cnnc1)N1CCCOc2cccc(c2)CCC2CCCCN2C(=O)C1. The minimum atomic E-state index is -0.0234. The van der Waals surface area contributed by atoms with Crippen molar-refractivity contribution < 1.29 is 14.3 Å². The molecule has 2 amide bonds. The molecule has 8 heteroatoms. The zero-order chi connectivity index (χ0) is 21.5. The van der Waals surface area contributed by atoms with Crippen molar-refractivity contribution >= 4 is 11.8 Å². The van der Waals surface area contributed by atoms with Crippen LogP contribution >= 0.6 is 0 Å². The van der Waals surface area contributed by atoms with Gasteiger partial charge in [-0.25, -0.2) is 0 Å². The Bertz CT molecular complexity index is 870. The molecule has 1 atom stereocenters. The Labute approximate surface area is 183 Å². The highest BCUT2D eigenvalue weighted by Crippen LogP contribution is 2.23. The quantitative estimate of drug-likeness (QED) is 0.754. The predicted octanol–water partition coefficient (Wildman–Crippen LogP) is 2.29. The maximum Gasteiger partial charge on any atom is 0.242 e. The van der Waals surface area contributed by atoms with E-state index in [0.717, 1.165) is 44.4 Å². The fourth-order valence-electron chi connectivity index (χ4n) is 4.46. The number of hydrogen-bond donors (Lipinski definition) is 0. The minimum absolute atomic E-state index is 0.0234. The van der Waals surface area contributed by atoms with E-state index in [9.17, 15) is 9.59 Å². The highest BCUT2D eigenvalue weighted by Gasteiger charge is 2.28. The summed E-state index contributed by atoms with van der Waals surface area (Å²) in [7, 11) is 0. The number of benzene rings is 1. The van der Waals surface area contributed by atoms with Gasteiger partial charge in [-0.1, -0.05) is 12.1 Å². The van der Waals surface area contributed by atoms with Gasteiger partial charge in [0.05, 0.1) is 13.2 Å². The number of hydrogen-bond acceptors (Lipinski definition) is 5. The van der Waals surface area contributed by atoms with Crippen molar-refractivity contribution in [3.63, 3.8) is 0 Å². The largest absolute Gasteiger partial charge is 0.494 e. The van der Waals surface area contributed by atoms with Crippen LogP contribution in [0.15, 0.2) is 36.9 Å². The number of rotatable bonds is 3. The molecule has 2 aliphatic rings. The Hall–Kier alpha value is -2.90. The Balaban J connectivity index is 1.48. The van der Waals surface area contributed by atoms with Crippen LogP contribution in [0.1, 0.15) is 44.1 Å². The number of ether oxygens (including phenoxy) is 1. The molecule has 1 saturated heterocycles. The number of nitrogens with zero attached hydrogens (tertiary/aromatic N) is 5. The van der Waals surface area contributed by atoms with E-state index in [-0.39, 0.29) is 24.4 Å². The Morgan fingerprint density at radius 3 is 2.84 bits per heavy atom. The average molecular weight is 426 g/mol. The Morgan fingerprint density at radius 2 is 1.97 bits per heavy atom. The first-order chi connectivity index (χ1) is 15.2. The van der Waals surface area contributed by atoms with Crippen molar-refractivity contribution in [1.29, 1.82) is 0 Å². The van der Waals surface area contributed by atoms with E-state index in [1.54, 1.807) is 22.1 Å². The summed E-state index contributed by atoms with van der Waals surface area (Å²) in [4.78, 5) is 29.9. The van der Waals surface area contributed by atoms with Gasteiger partial charge in [0.2, 0.25) is 11.8 Å². The first-order valence-corrected chi connectivity index (χ1v) is 11.3. The van der Waals surface area contributed by atoms with E-state index >= 15 is 0 Å². The molecule has 0 saturated carbocycles. The lowest BCUT2D eigenvalue weighted by molar-refractivity contribution is -0.143. The highest BCUT2D eigenvalue weighted by molar-refractivity contribution is 5.85. The number of amides is 2. The number of piperidine rings is 1. The molecule has 1 aromatic heterocycles. The maximum atomic E-state index is 13.2. The molecule has 31 heavy (non-hydrogen) atoms. The molecule has 1 fully saturated rings. The van der Waals surface area contributed by atoms with E-state index in [4.69, 9.17) is 4.74 Å². The number of carbonyl (C=O) groups excluding carboxylic acids is 2. The third-order valence-electron chi connectivity index (χ3n) is 6.18. The second-order valence-corrected chi connectivity index (χ2v) is 8.39. The fraction of sp³-hybridized carbons (Fsp3) is 0.565. The molecule has 0 radical (unpaired) electrons. The fourth-order valence-corrected chi connectivity index (χ4v) is 4.46.